The Balaban J connectivity index is 1.46. The van der Waals surface area contributed by atoms with Gasteiger partial charge in [-0.2, -0.15) is 0 Å². The first-order valence-electron chi connectivity index (χ1n) is 7.53. The maximum Gasteiger partial charge on any atom is 0.123 e. The Labute approximate surface area is 125 Å². The van der Waals surface area contributed by atoms with Crippen molar-refractivity contribution in [2.45, 2.75) is 50.2 Å². The van der Waals surface area contributed by atoms with E-state index in [2.05, 4.69) is 5.32 Å². The fraction of sp³-hybridized carbons (Fsp3) is 0.625. The monoisotopic (exact) mass is 295 g/mol. The number of aliphatic hydroxyl groups is 1. The number of hydrogen-bond acceptors (Lipinski definition) is 3. The zero-order valence-electron chi connectivity index (χ0n) is 11.7. The van der Waals surface area contributed by atoms with Crippen LogP contribution < -0.4 is 10.1 Å². The van der Waals surface area contributed by atoms with Crippen LogP contribution in [0.4, 0.5) is 0 Å². The third-order valence-electron chi connectivity index (χ3n) is 4.37. The molecule has 1 aliphatic heterocycles. The minimum Gasteiger partial charge on any atom is -0.488 e. The van der Waals surface area contributed by atoms with Gasteiger partial charge in [-0.15, -0.1) is 0 Å². The lowest BCUT2D eigenvalue weighted by Crippen LogP contribution is -2.44. The van der Waals surface area contributed by atoms with Gasteiger partial charge in [0.05, 0.1) is 5.60 Å². The molecule has 1 saturated carbocycles. The van der Waals surface area contributed by atoms with Crippen LogP contribution in [0.3, 0.4) is 0 Å². The van der Waals surface area contributed by atoms with Gasteiger partial charge in [0, 0.05) is 24.5 Å². The lowest BCUT2D eigenvalue weighted by atomic mass is 9.85. The first-order chi connectivity index (χ1) is 9.65. The van der Waals surface area contributed by atoms with Crippen LogP contribution in [-0.4, -0.2) is 29.9 Å². The van der Waals surface area contributed by atoms with Crippen LogP contribution in [0.2, 0.25) is 5.02 Å². The molecule has 1 aromatic rings. The van der Waals surface area contributed by atoms with Crippen molar-refractivity contribution in [3.8, 4) is 5.75 Å². The summed E-state index contributed by atoms with van der Waals surface area (Å²) in [6, 6.07) is 5.78. The molecule has 110 valence electrons. The summed E-state index contributed by atoms with van der Waals surface area (Å²) in [4.78, 5) is 0. The largest absolute Gasteiger partial charge is 0.488 e. The van der Waals surface area contributed by atoms with Crippen LogP contribution in [0.5, 0.6) is 5.75 Å². The highest BCUT2D eigenvalue weighted by Crippen LogP contribution is 2.31. The number of halogens is 1. The van der Waals surface area contributed by atoms with E-state index in [1.165, 1.54) is 12.0 Å². The minimum absolute atomic E-state index is 0.149. The smallest absolute Gasteiger partial charge is 0.123 e. The minimum atomic E-state index is -0.507. The van der Waals surface area contributed by atoms with E-state index in [-0.39, 0.29) is 6.10 Å². The highest BCUT2D eigenvalue weighted by Gasteiger charge is 2.29. The second-order valence-electron chi connectivity index (χ2n) is 6.11. The first kappa shape index (κ1) is 14.2. The molecule has 0 radical (unpaired) electrons. The Morgan fingerprint density at radius 1 is 1.30 bits per heavy atom. The fourth-order valence-electron chi connectivity index (χ4n) is 3.26. The van der Waals surface area contributed by atoms with Crippen molar-refractivity contribution in [3.05, 3.63) is 28.8 Å². The van der Waals surface area contributed by atoms with Gasteiger partial charge in [-0.3, -0.25) is 0 Å². The standard InChI is InChI=1S/C16H22ClNO2/c17-13-4-5-15-12(8-13)9-14(20-15)10-18-11-16(19)6-2-1-3-7-16/h4-5,8,14,18-19H,1-3,6-7,9-11H2. The Morgan fingerprint density at radius 2 is 2.10 bits per heavy atom. The molecular weight excluding hydrogens is 274 g/mol. The summed E-state index contributed by atoms with van der Waals surface area (Å²) in [6.45, 7) is 1.44. The average molecular weight is 296 g/mol. The summed E-state index contributed by atoms with van der Waals surface area (Å²) in [5, 5.41) is 14.6. The SMILES string of the molecule is OC1(CNCC2Cc3cc(Cl)ccc3O2)CCCCC1. The summed E-state index contributed by atoms with van der Waals surface area (Å²) in [5.41, 5.74) is 0.674. The predicted molar refractivity (Wildman–Crippen MR) is 80.5 cm³/mol. The lowest BCUT2D eigenvalue weighted by molar-refractivity contribution is 0.00352. The Morgan fingerprint density at radius 3 is 2.90 bits per heavy atom. The molecule has 4 heteroatoms. The second-order valence-corrected chi connectivity index (χ2v) is 6.55. The average Bonchev–Trinajstić information content (AvgIpc) is 2.81. The van der Waals surface area contributed by atoms with Crippen molar-refractivity contribution in [2.75, 3.05) is 13.1 Å². The molecule has 0 aromatic heterocycles. The molecule has 2 N–H and O–H groups in total. The molecular formula is C16H22ClNO2. The van der Waals surface area contributed by atoms with Crippen molar-refractivity contribution in [3.63, 3.8) is 0 Å². The Hall–Kier alpha value is -0.770. The number of ether oxygens (including phenoxy) is 1. The number of benzene rings is 1. The third kappa shape index (κ3) is 3.27. The quantitative estimate of drug-likeness (QED) is 0.897. The van der Waals surface area contributed by atoms with E-state index in [1.807, 2.05) is 18.2 Å². The van der Waals surface area contributed by atoms with Gasteiger partial charge in [0.2, 0.25) is 0 Å². The van der Waals surface area contributed by atoms with Crippen LogP contribution >= 0.6 is 11.6 Å². The Bertz CT molecular complexity index is 472. The molecule has 1 aliphatic carbocycles. The van der Waals surface area contributed by atoms with E-state index in [0.29, 0.717) is 6.54 Å². The molecule has 1 fully saturated rings. The lowest BCUT2D eigenvalue weighted by Gasteiger charge is -2.32. The van der Waals surface area contributed by atoms with E-state index in [9.17, 15) is 5.11 Å². The molecule has 0 saturated heterocycles. The number of fused-ring (bicyclic) bond motifs is 1. The predicted octanol–water partition coefficient (Wildman–Crippen LogP) is 2.93. The second kappa shape index (κ2) is 5.92. The van der Waals surface area contributed by atoms with Crippen LogP contribution in [0.15, 0.2) is 18.2 Å². The Kier molecular flexibility index (Phi) is 4.20. The first-order valence-corrected chi connectivity index (χ1v) is 7.91. The summed E-state index contributed by atoms with van der Waals surface area (Å²) >= 11 is 5.99. The van der Waals surface area contributed by atoms with Gasteiger partial charge in [0.25, 0.3) is 0 Å². The zero-order valence-corrected chi connectivity index (χ0v) is 12.5. The highest BCUT2D eigenvalue weighted by molar-refractivity contribution is 6.30. The maximum absolute atomic E-state index is 10.4. The molecule has 1 unspecified atom stereocenters. The van der Waals surface area contributed by atoms with Crippen LogP contribution in [-0.2, 0) is 6.42 Å². The van der Waals surface area contributed by atoms with Crippen LogP contribution in [0, 0.1) is 0 Å². The summed E-state index contributed by atoms with van der Waals surface area (Å²) in [7, 11) is 0. The normalized spacial score (nSPS) is 24.2. The van der Waals surface area contributed by atoms with Gasteiger partial charge >= 0.3 is 0 Å². The summed E-state index contributed by atoms with van der Waals surface area (Å²) in [5.74, 6) is 0.942. The zero-order chi connectivity index (χ0) is 14.0. The molecule has 0 spiro atoms. The molecule has 1 aromatic carbocycles. The van der Waals surface area contributed by atoms with E-state index in [0.717, 1.165) is 49.4 Å². The number of rotatable bonds is 4. The van der Waals surface area contributed by atoms with E-state index in [4.69, 9.17) is 16.3 Å². The van der Waals surface area contributed by atoms with Crippen molar-refractivity contribution in [2.24, 2.45) is 0 Å². The van der Waals surface area contributed by atoms with Gasteiger partial charge in [0.15, 0.2) is 0 Å². The topological polar surface area (TPSA) is 41.5 Å². The van der Waals surface area contributed by atoms with Crippen molar-refractivity contribution in [1.82, 2.24) is 5.32 Å². The van der Waals surface area contributed by atoms with Gasteiger partial charge in [-0.1, -0.05) is 30.9 Å². The van der Waals surface area contributed by atoms with Gasteiger partial charge < -0.3 is 15.2 Å². The van der Waals surface area contributed by atoms with Crippen molar-refractivity contribution in [1.29, 1.82) is 0 Å². The molecule has 1 heterocycles. The van der Waals surface area contributed by atoms with Crippen molar-refractivity contribution >= 4 is 11.6 Å². The van der Waals surface area contributed by atoms with Crippen LogP contribution in [0.1, 0.15) is 37.7 Å². The maximum atomic E-state index is 10.4. The molecule has 20 heavy (non-hydrogen) atoms. The van der Waals surface area contributed by atoms with Crippen LogP contribution in [0.25, 0.3) is 0 Å². The molecule has 0 amide bonds. The molecule has 3 nitrogen and oxygen atoms in total. The molecule has 2 aliphatic rings. The van der Waals surface area contributed by atoms with Crippen molar-refractivity contribution < 1.29 is 9.84 Å². The van der Waals surface area contributed by atoms with E-state index < -0.39 is 5.60 Å². The number of hydrogen-bond donors (Lipinski definition) is 2. The van der Waals surface area contributed by atoms with Gasteiger partial charge in [0.1, 0.15) is 11.9 Å². The van der Waals surface area contributed by atoms with E-state index in [1.54, 1.807) is 0 Å². The summed E-state index contributed by atoms with van der Waals surface area (Å²) < 4.78 is 5.88. The van der Waals surface area contributed by atoms with E-state index >= 15 is 0 Å². The van der Waals surface area contributed by atoms with Gasteiger partial charge in [-0.05, 0) is 36.6 Å². The van der Waals surface area contributed by atoms with Gasteiger partial charge in [-0.25, -0.2) is 0 Å². The fourth-order valence-corrected chi connectivity index (χ4v) is 3.45. The highest BCUT2D eigenvalue weighted by atomic mass is 35.5. The molecule has 0 bridgehead atoms. The summed E-state index contributed by atoms with van der Waals surface area (Å²) in [6.07, 6.45) is 6.41. The third-order valence-corrected chi connectivity index (χ3v) is 4.61. The molecule has 3 rings (SSSR count). The molecule has 1 atom stereocenters. The number of nitrogens with one attached hydrogen (secondary N) is 1.